The summed E-state index contributed by atoms with van der Waals surface area (Å²) in [5.74, 6) is 0. The van der Waals surface area contributed by atoms with Gasteiger partial charge in [-0.05, 0) is 35.0 Å². The predicted octanol–water partition coefficient (Wildman–Crippen LogP) is 5.97. The first kappa shape index (κ1) is 16.7. The van der Waals surface area contributed by atoms with Gasteiger partial charge in [-0.2, -0.15) is 0 Å². The Kier molecular flexibility index (Phi) is 3.95. The quantitative estimate of drug-likeness (QED) is 0.232. The van der Waals surface area contributed by atoms with Crippen molar-refractivity contribution in [2.75, 3.05) is 0 Å². The highest BCUT2D eigenvalue weighted by molar-refractivity contribution is 7.13. The van der Waals surface area contributed by atoms with Crippen LogP contribution in [0.3, 0.4) is 0 Å². The zero-order chi connectivity index (χ0) is 19.1. The minimum atomic E-state index is 0.160. The average Bonchev–Trinajstić information content (AvgIpc) is 3.23. The molecule has 0 aliphatic heterocycles. The van der Waals surface area contributed by atoms with Crippen molar-refractivity contribution < 1.29 is 9.62 Å². The van der Waals surface area contributed by atoms with Crippen LogP contribution in [0.5, 0.6) is 0 Å². The van der Waals surface area contributed by atoms with Gasteiger partial charge in [-0.3, -0.25) is 0 Å². The monoisotopic (exact) mass is 384 g/mol. The Morgan fingerprint density at radius 2 is 1.79 bits per heavy atom. The fourth-order valence-corrected chi connectivity index (χ4v) is 4.20. The molecule has 0 bridgehead atoms. The molecule has 28 heavy (non-hydrogen) atoms. The van der Waals surface area contributed by atoms with E-state index in [9.17, 15) is 5.21 Å². The molecular formula is C23H16N2O2S. The third-order valence-electron chi connectivity index (χ3n) is 4.83. The van der Waals surface area contributed by atoms with Crippen molar-refractivity contribution in [1.82, 2.24) is 4.98 Å². The predicted molar refractivity (Wildman–Crippen MR) is 112 cm³/mol. The zero-order valence-electron chi connectivity index (χ0n) is 15.1. The maximum atomic E-state index is 9.51. The van der Waals surface area contributed by atoms with Crippen molar-refractivity contribution >= 4 is 33.1 Å². The maximum Gasteiger partial charge on any atom is 0.265 e. The third kappa shape index (κ3) is 2.77. The summed E-state index contributed by atoms with van der Waals surface area (Å²) in [4.78, 5) is 4.76. The summed E-state index contributed by atoms with van der Waals surface area (Å²) < 4.78 is 5.89. The van der Waals surface area contributed by atoms with Gasteiger partial charge in [0, 0.05) is 16.3 Å². The van der Waals surface area contributed by atoms with E-state index in [0.29, 0.717) is 11.1 Å². The summed E-state index contributed by atoms with van der Waals surface area (Å²) in [6.07, 6.45) is 0. The second kappa shape index (κ2) is 6.62. The Bertz CT molecular complexity index is 1380. The van der Waals surface area contributed by atoms with E-state index in [1.165, 1.54) is 16.9 Å². The van der Waals surface area contributed by atoms with Gasteiger partial charge >= 0.3 is 0 Å². The van der Waals surface area contributed by atoms with E-state index in [1.807, 2.05) is 35.7 Å². The second-order valence-corrected chi connectivity index (χ2v) is 7.53. The van der Waals surface area contributed by atoms with E-state index < -0.39 is 0 Å². The molecule has 3 aromatic carbocycles. The van der Waals surface area contributed by atoms with Crippen LogP contribution >= 0.6 is 11.3 Å². The fourth-order valence-electron chi connectivity index (χ4n) is 3.36. The number of nitrogens with zero attached hydrogens (tertiary/aromatic N) is 2. The Morgan fingerprint density at radius 1 is 0.964 bits per heavy atom. The number of hydrogen-bond donors (Lipinski definition) is 1. The zero-order valence-corrected chi connectivity index (χ0v) is 15.9. The summed E-state index contributed by atoms with van der Waals surface area (Å²) in [5.41, 5.74) is 4.66. The minimum Gasteiger partial charge on any atom is -0.435 e. The van der Waals surface area contributed by atoms with Crippen molar-refractivity contribution in [1.29, 1.82) is 0 Å². The van der Waals surface area contributed by atoms with Gasteiger partial charge in [0.1, 0.15) is 10.6 Å². The molecule has 2 heterocycles. The smallest absolute Gasteiger partial charge is 0.265 e. The molecule has 4 nitrogen and oxygen atoms in total. The topological polar surface area (TPSA) is 58.6 Å². The highest BCUT2D eigenvalue weighted by Crippen LogP contribution is 2.31. The van der Waals surface area contributed by atoms with Crippen LogP contribution in [-0.4, -0.2) is 10.2 Å². The van der Waals surface area contributed by atoms with Crippen LogP contribution < -0.4 is 5.55 Å². The van der Waals surface area contributed by atoms with Crippen LogP contribution in [0.25, 0.3) is 43.6 Å². The van der Waals surface area contributed by atoms with Crippen LogP contribution in [0, 0.1) is 6.92 Å². The highest BCUT2D eigenvalue weighted by Gasteiger charge is 2.13. The van der Waals surface area contributed by atoms with E-state index in [0.717, 1.165) is 32.4 Å². The lowest BCUT2D eigenvalue weighted by molar-refractivity contribution is 0.277. The van der Waals surface area contributed by atoms with Gasteiger partial charge in [-0.25, -0.2) is 4.98 Å². The molecule has 2 aromatic heterocycles. The van der Waals surface area contributed by atoms with Crippen molar-refractivity contribution in [2.24, 2.45) is 5.16 Å². The summed E-state index contributed by atoms with van der Waals surface area (Å²) in [7, 11) is 0. The maximum absolute atomic E-state index is 9.51. The summed E-state index contributed by atoms with van der Waals surface area (Å²) in [5, 5.41) is 18.8. The first-order valence-corrected chi connectivity index (χ1v) is 9.77. The molecule has 0 saturated carbocycles. The number of benzene rings is 3. The molecule has 1 N–H and O–H groups in total. The Morgan fingerprint density at radius 3 is 2.61 bits per heavy atom. The van der Waals surface area contributed by atoms with E-state index in [1.54, 1.807) is 0 Å². The number of aromatic nitrogens is 1. The van der Waals surface area contributed by atoms with Gasteiger partial charge in [0.2, 0.25) is 0 Å². The molecule has 0 fully saturated rings. The SMILES string of the molecule is Cc1ccc(-c2csc(-c3cc4c(ccc5ccccc54)oc3=NO)n2)cc1. The van der Waals surface area contributed by atoms with Crippen LogP contribution in [0.1, 0.15) is 5.56 Å². The Balaban J connectivity index is 1.72. The van der Waals surface area contributed by atoms with Gasteiger partial charge in [0.25, 0.3) is 5.55 Å². The lowest BCUT2D eigenvalue weighted by Crippen LogP contribution is -2.05. The van der Waals surface area contributed by atoms with Crippen LogP contribution in [0.15, 0.2) is 81.7 Å². The number of thiazole rings is 1. The Hall–Kier alpha value is -3.44. The molecule has 0 radical (unpaired) electrons. The van der Waals surface area contributed by atoms with E-state index in [4.69, 9.17) is 9.40 Å². The summed E-state index contributed by atoms with van der Waals surface area (Å²) in [6.45, 7) is 2.06. The van der Waals surface area contributed by atoms with E-state index in [-0.39, 0.29) is 5.55 Å². The first-order valence-electron chi connectivity index (χ1n) is 8.89. The number of aryl methyl sites for hydroxylation is 1. The molecule has 0 amide bonds. The van der Waals surface area contributed by atoms with E-state index >= 15 is 0 Å². The number of fused-ring (bicyclic) bond motifs is 3. The minimum absolute atomic E-state index is 0.160. The van der Waals surface area contributed by atoms with Crippen molar-refractivity contribution in [3.8, 4) is 21.8 Å². The standard InChI is InChI=1S/C23H16N2O2S/c1-14-6-8-16(9-7-14)20-13-28-23(24-20)19-12-18-17-5-3-2-4-15(17)10-11-21(18)27-22(19)25-26/h2-13,26H,1H3. The molecule has 136 valence electrons. The van der Waals surface area contributed by atoms with Gasteiger partial charge in [-0.1, -0.05) is 60.2 Å². The largest absolute Gasteiger partial charge is 0.435 e. The normalized spacial score (nSPS) is 12.1. The molecule has 0 atom stereocenters. The van der Waals surface area contributed by atoms with Gasteiger partial charge in [0.15, 0.2) is 0 Å². The van der Waals surface area contributed by atoms with Crippen LogP contribution in [0.2, 0.25) is 0 Å². The Labute approximate surface area is 165 Å². The van der Waals surface area contributed by atoms with Gasteiger partial charge in [-0.15, -0.1) is 11.3 Å². The lowest BCUT2D eigenvalue weighted by atomic mass is 10.0. The summed E-state index contributed by atoms with van der Waals surface area (Å²) >= 11 is 1.50. The van der Waals surface area contributed by atoms with Crippen LogP contribution in [-0.2, 0) is 0 Å². The highest BCUT2D eigenvalue weighted by atomic mass is 32.1. The third-order valence-corrected chi connectivity index (χ3v) is 5.70. The molecule has 0 saturated heterocycles. The van der Waals surface area contributed by atoms with Crippen molar-refractivity contribution in [3.05, 3.63) is 83.2 Å². The molecule has 0 aliphatic carbocycles. The number of hydrogen-bond acceptors (Lipinski definition) is 5. The molecule has 5 aromatic rings. The van der Waals surface area contributed by atoms with E-state index in [2.05, 4.69) is 48.5 Å². The van der Waals surface area contributed by atoms with Gasteiger partial charge < -0.3 is 9.62 Å². The summed E-state index contributed by atoms with van der Waals surface area (Å²) in [6, 6.07) is 22.3. The molecule has 5 rings (SSSR count). The molecule has 0 aliphatic rings. The molecular weight excluding hydrogens is 368 g/mol. The van der Waals surface area contributed by atoms with Crippen LogP contribution in [0.4, 0.5) is 0 Å². The molecule has 5 heteroatoms. The number of rotatable bonds is 2. The fraction of sp³-hybridized carbons (Fsp3) is 0.0435. The van der Waals surface area contributed by atoms with Crippen molar-refractivity contribution in [3.63, 3.8) is 0 Å². The molecule has 0 unspecified atom stereocenters. The van der Waals surface area contributed by atoms with Crippen molar-refractivity contribution in [2.45, 2.75) is 6.92 Å². The van der Waals surface area contributed by atoms with Gasteiger partial charge in [0.05, 0.1) is 11.3 Å². The lowest BCUT2D eigenvalue weighted by Gasteiger charge is -2.05. The second-order valence-electron chi connectivity index (χ2n) is 6.67. The average molecular weight is 384 g/mol. The molecule has 0 spiro atoms. The first-order chi connectivity index (χ1) is 13.7.